The predicted octanol–water partition coefficient (Wildman–Crippen LogP) is 1.03. The van der Waals surface area contributed by atoms with Gasteiger partial charge in [0.05, 0.1) is 0 Å². The number of rotatable bonds is 2. The van der Waals surface area contributed by atoms with Gasteiger partial charge in [-0.25, -0.2) is 14.6 Å². The number of aromatic nitrogens is 2. The largest absolute Gasteiger partial charge is 0.477 e. The molecule has 0 aliphatic heterocycles. The van der Waals surface area contributed by atoms with Crippen molar-refractivity contribution < 1.29 is 19.8 Å². The molecule has 0 bridgehead atoms. The summed E-state index contributed by atoms with van der Waals surface area (Å²) in [7, 11) is 0. The number of pyridine rings is 2. The zero-order chi connectivity index (χ0) is 11.7. The van der Waals surface area contributed by atoms with Crippen molar-refractivity contribution in [2.75, 3.05) is 0 Å². The molecule has 0 fully saturated rings. The van der Waals surface area contributed by atoms with Gasteiger partial charge in [0.1, 0.15) is 5.69 Å². The van der Waals surface area contributed by atoms with Gasteiger partial charge >= 0.3 is 11.9 Å². The average Bonchev–Trinajstić information content (AvgIpc) is 2.27. The van der Waals surface area contributed by atoms with Crippen molar-refractivity contribution >= 4 is 22.7 Å². The van der Waals surface area contributed by atoms with E-state index in [2.05, 4.69) is 9.97 Å². The van der Waals surface area contributed by atoms with Crippen molar-refractivity contribution in [2.24, 2.45) is 0 Å². The van der Waals surface area contributed by atoms with Crippen LogP contribution in [0.4, 0.5) is 0 Å². The zero-order valence-corrected chi connectivity index (χ0v) is 7.91. The Labute approximate surface area is 89.2 Å². The normalized spacial score (nSPS) is 10.2. The Bertz CT molecular complexity index is 594. The highest BCUT2D eigenvalue weighted by Crippen LogP contribution is 2.17. The first-order valence-electron chi connectivity index (χ1n) is 4.31. The molecule has 2 N–H and O–H groups in total. The number of nitrogens with zero attached hydrogens (tertiary/aromatic N) is 2. The molecule has 2 heterocycles. The van der Waals surface area contributed by atoms with E-state index in [1.54, 1.807) is 0 Å². The summed E-state index contributed by atoms with van der Waals surface area (Å²) in [6, 6.07) is 2.85. The van der Waals surface area contributed by atoms with Gasteiger partial charge in [-0.05, 0) is 17.5 Å². The molecule has 0 aliphatic rings. The van der Waals surface area contributed by atoms with Crippen LogP contribution in [0.15, 0.2) is 24.5 Å². The fourth-order valence-corrected chi connectivity index (χ4v) is 1.36. The maximum absolute atomic E-state index is 10.9. The van der Waals surface area contributed by atoms with Gasteiger partial charge in [-0.15, -0.1) is 0 Å². The molecule has 2 aromatic rings. The molecule has 0 unspecified atom stereocenters. The second kappa shape index (κ2) is 3.58. The number of hydrogen-bond acceptors (Lipinski definition) is 4. The Morgan fingerprint density at radius 3 is 2.56 bits per heavy atom. The first-order chi connectivity index (χ1) is 7.59. The Kier molecular flexibility index (Phi) is 2.24. The van der Waals surface area contributed by atoms with Crippen molar-refractivity contribution in [3.05, 3.63) is 35.9 Å². The number of carboxylic acids is 2. The van der Waals surface area contributed by atoms with Crippen LogP contribution in [0.5, 0.6) is 0 Å². The summed E-state index contributed by atoms with van der Waals surface area (Å²) in [6.45, 7) is 0. The van der Waals surface area contributed by atoms with Gasteiger partial charge in [-0.3, -0.25) is 4.98 Å². The van der Waals surface area contributed by atoms with Crippen molar-refractivity contribution in [2.45, 2.75) is 0 Å². The van der Waals surface area contributed by atoms with Gasteiger partial charge in [-0.2, -0.15) is 0 Å². The summed E-state index contributed by atoms with van der Waals surface area (Å²) in [5, 5.41) is 18.5. The van der Waals surface area contributed by atoms with Crippen LogP contribution >= 0.6 is 0 Å². The highest BCUT2D eigenvalue weighted by molar-refractivity contribution is 6.03. The number of carbonyl (C=O) groups is 2. The van der Waals surface area contributed by atoms with Crippen LogP contribution in [0.2, 0.25) is 0 Å². The van der Waals surface area contributed by atoms with Crippen LogP contribution < -0.4 is 0 Å². The highest BCUT2D eigenvalue weighted by atomic mass is 16.4. The van der Waals surface area contributed by atoms with E-state index in [0.717, 1.165) is 0 Å². The predicted molar refractivity (Wildman–Crippen MR) is 53.5 cm³/mol. The van der Waals surface area contributed by atoms with Gasteiger partial charge in [0.15, 0.2) is 5.69 Å². The first-order valence-corrected chi connectivity index (χ1v) is 4.31. The smallest absolute Gasteiger partial charge is 0.355 e. The summed E-state index contributed by atoms with van der Waals surface area (Å²) in [4.78, 5) is 29.0. The van der Waals surface area contributed by atoms with Crippen molar-refractivity contribution in [3.63, 3.8) is 0 Å². The van der Waals surface area contributed by atoms with E-state index in [-0.39, 0.29) is 11.4 Å². The fraction of sp³-hybridized carbons (Fsp3) is 0. The maximum Gasteiger partial charge on any atom is 0.355 e. The Balaban J connectivity index is 2.84. The zero-order valence-electron chi connectivity index (χ0n) is 7.91. The summed E-state index contributed by atoms with van der Waals surface area (Å²) in [5.74, 6) is -2.54. The monoisotopic (exact) mass is 218 g/mol. The van der Waals surface area contributed by atoms with Gasteiger partial charge in [0.2, 0.25) is 0 Å². The number of fused-ring (bicyclic) bond motifs is 1. The van der Waals surface area contributed by atoms with E-state index < -0.39 is 11.9 Å². The molecule has 80 valence electrons. The Morgan fingerprint density at radius 2 is 1.94 bits per heavy atom. The fourth-order valence-electron chi connectivity index (χ4n) is 1.36. The SMILES string of the molecule is O=C(O)c1cc2ccncc2c(C(=O)O)n1. The molecule has 0 amide bonds. The van der Waals surface area contributed by atoms with Crippen LogP contribution in [-0.4, -0.2) is 32.1 Å². The lowest BCUT2D eigenvalue weighted by Crippen LogP contribution is -2.08. The lowest BCUT2D eigenvalue weighted by Gasteiger charge is -2.02. The third-order valence-corrected chi connectivity index (χ3v) is 2.06. The second-order valence-corrected chi connectivity index (χ2v) is 3.06. The van der Waals surface area contributed by atoms with Crippen molar-refractivity contribution in [1.29, 1.82) is 0 Å². The van der Waals surface area contributed by atoms with Gasteiger partial charge < -0.3 is 10.2 Å². The summed E-state index contributed by atoms with van der Waals surface area (Å²) < 4.78 is 0. The van der Waals surface area contributed by atoms with E-state index in [1.807, 2.05) is 0 Å². The number of aromatic carboxylic acids is 2. The lowest BCUT2D eigenvalue weighted by atomic mass is 10.1. The lowest BCUT2D eigenvalue weighted by molar-refractivity contribution is 0.0687. The molecule has 0 atom stereocenters. The number of hydrogen-bond donors (Lipinski definition) is 2. The minimum Gasteiger partial charge on any atom is -0.477 e. The molecule has 6 heteroatoms. The molecular formula is C10H6N2O4. The minimum atomic E-state index is -1.28. The molecule has 16 heavy (non-hydrogen) atoms. The molecule has 0 aliphatic carbocycles. The quantitative estimate of drug-likeness (QED) is 0.780. The van der Waals surface area contributed by atoms with Gasteiger partial charge in [0, 0.05) is 17.8 Å². The highest BCUT2D eigenvalue weighted by Gasteiger charge is 2.15. The van der Waals surface area contributed by atoms with Crippen molar-refractivity contribution in [3.8, 4) is 0 Å². The Hall–Kier alpha value is -2.50. The van der Waals surface area contributed by atoms with Crippen LogP contribution in [0, 0.1) is 0 Å². The summed E-state index contributed by atoms with van der Waals surface area (Å²) in [6.07, 6.45) is 2.80. The van der Waals surface area contributed by atoms with E-state index >= 15 is 0 Å². The minimum absolute atomic E-state index is 0.295. The van der Waals surface area contributed by atoms with E-state index in [0.29, 0.717) is 10.8 Å². The van der Waals surface area contributed by atoms with E-state index in [4.69, 9.17) is 10.2 Å². The summed E-state index contributed by atoms with van der Waals surface area (Å²) in [5.41, 5.74) is -0.598. The summed E-state index contributed by atoms with van der Waals surface area (Å²) >= 11 is 0. The molecule has 0 saturated heterocycles. The number of carboxylic acid groups (broad SMARTS) is 2. The molecular weight excluding hydrogens is 212 g/mol. The maximum atomic E-state index is 10.9. The third-order valence-electron chi connectivity index (χ3n) is 2.06. The molecule has 0 aromatic carbocycles. The van der Waals surface area contributed by atoms with Crippen molar-refractivity contribution in [1.82, 2.24) is 9.97 Å². The van der Waals surface area contributed by atoms with Crippen LogP contribution in [-0.2, 0) is 0 Å². The van der Waals surface area contributed by atoms with Crippen LogP contribution in [0.1, 0.15) is 21.0 Å². The third kappa shape index (κ3) is 1.56. The molecule has 0 spiro atoms. The van der Waals surface area contributed by atoms with Crippen LogP contribution in [0.3, 0.4) is 0 Å². The molecule has 0 saturated carbocycles. The van der Waals surface area contributed by atoms with E-state index in [1.165, 1.54) is 24.5 Å². The average molecular weight is 218 g/mol. The molecule has 2 aromatic heterocycles. The standard InChI is InChI=1S/C10H6N2O4/c13-9(14)7-3-5-1-2-11-4-6(5)8(12-7)10(15)16/h1-4H,(H,13,14)(H,15,16). The van der Waals surface area contributed by atoms with E-state index in [9.17, 15) is 9.59 Å². The van der Waals surface area contributed by atoms with Gasteiger partial charge in [0.25, 0.3) is 0 Å². The molecule has 2 rings (SSSR count). The molecule has 0 radical (unpaired) electrons. The Morgan fingerprint density at radius 1 is 1.19 bits per heavy atom. The van der Waals surface area contributed by atoms with Gasteiger partial charge in [-0.1, -0.05) is 0 Å². The first kappa shape index (κ1) is 10.0. The topological polar surface area (TPSA) is 100 Å². The van der Waals surface area contributed by atoms with Crippen LogP contribution in [0.25, 0.3) is 10.8 Å². The second-order valence-electron chi connectivity index (χ2n) is 3.06. The molecule has 6 nitrogen and oxygen atoms in total.